The van der Waals surface area contributed by atoms with Crippen LogP contribution in [0.15, 0.2) is 109 Å². The van der Waals surface area contributed by atoms with E-state index in [0.29, 0.717) is 0 Å². The number of hydrogen-bond acceptors (Lipinski definition) is 4. The third-order valence-electron chi connectivity index (χ3n) is 7.35. The van der Waals surface area contributed by atoms with Crippen LogP contribution >= 0.6 is 0 Å². The number of hydrogen-bond donors (Lipinski definition) is 0. The molecular formula is C35H35N3O2. The second-order valence-corrected chi connectivity index (χ2v) is 10.3. The number of imidazole rings is 1. The first kappa shape index (κ1) is 25.9. The average Bonchev–Trinajstić information content (AvgIpc) is 3.62. The van der Waals surface area contributed by atoms with Gasteiger partial charge in [-0.25, -0.2) is 4.98 Å². The summed E-state index contributed by atoms with van der Waals surface area (Å²) < 4.78 is 13.7. The molecule has 5 heteroatoms. The minimum Gasteiger partial charge on any atom is -0.454 e. The van der Waals surface area contributed by atoms with E-state index in [-0.39, 0.29) is 6.79 Å². The van der Waals surface area contributed by atoms with Crippen LogP contribution in [0.3, 0.4) is 0 Å². The molecule has 0 aliphatic carbocycles. The van der Waals surface area contributed by atoms with Gasteiger partial charge < -0.3 is 14.0 Å². The Labute approximate surface area is 236 Å². The molecule has 1 aromatic heterocycles. The molecule has 0 bridgehead atoms. The summed E-state index contributed by atoms with van der Waals surface area (Å²) in [5.74, 6) is 2.67. The third kappa shape index (κ3) is 5.80. The van der Waals surface area contributed by atoms with Crippen molar-refractivity contribution < 1.29 is 9.47 Å². The van der Waals surface area contributed by atoms with Crippen molar-refractivity contribution in [2.45, 2.75) is 45.9 Å². The molecule has 2 heterocycles. The molecule has 1 aliphatic rings. The SMILES string of the molecule is CCCCn1c(-c2ccccc2)nc(-c2ccccc2)c1CN(Cc1ccccc1)Cc1ccc2c(c1)OCO2. The van der Waals surface area contributed by atoms with Gasteiger partial charge in [0, 0.05) is 37.3 Å². The van der Waals surface area contributed by atoms with Crippen LogP contribution in [-0.2, 0) is 26.2 Å². The van der Waals surface area contributed by atoms with Crippen molar-refractivity contribution in [3.05, 3.63) is 126 Å². The molecule has 0 atom stereocenters. The van der Waals surface area contributed by atoms with Crippen LogP contribution in [0.5, 0.6) is 11.5 Å². The van der Waals surface area contributed by atoms with Gasteiger partial charge in [-0.15, -0.1) is 0 Å². The summed E-state index contributed by atoms with van der Waals surface area (Å²) in [7, 11) is 0. The van der Waals surface area contributed by atoms with Crippen molar-refractivity contribution in [2.75, 3.05) is 6.79 Å². The Balaban J connectivity index is 1.43. The average molecular weight is 530 g/mol. The summed E-state index contributed by atoms with van der Waals surface area (Å²) in [6.07, 6.45) is 2.22. The number of unbranched alkanes of at least 4 members (excludes halogenated alkanes) is 1. The summed E-state index contributed by atoms with van der Waals surface area (Å²) in [5.41, 5.74) is 7.08. The zero-order chi connectivity index (χ0) is 27.1. The fraction of sp³-hybridized carbons (Fsp3) is 0.229. The third-order valence-corrected chi connectivity index (χ3v) is 7.35. The molecule has 0 spiro atoms. The standard InChI is InChI=1S/C35H35N3O2/c1-2-3-21-38-31(34(29-15-9-5-10-16-29)36-35(38)30-17-11-6-12-18-30)25-37(23-27-13-7-4-8-14-27)24-28-19-20-32-33(22-28)40-26-39-32/h4-20,22H,2-3,21,23-26H2,1H3. The zero-order valence-electron chi connectivity index (χ0n) is 23.0. The van der Waals surface area contributed by atoms with Gasteiger partial charge in [0.05, 0.1) is 11.4 Å². The largest absolute Gasteiger partial charge is 0.454 e. The summed E-state index contributed by atoms with van der Waals surface area (Å²) in [6, 6.07) is 38.2. The molecule has 0 unspecified atom stereocenters. The quantitative estimate of drug-likeness (QED) is 0.174. The molecule has 5 nitrogen and oxygen atoms in total. The van der Waals surface area contributed by atoms with Gasteiger partial charge in [-0.1, -0.05) is 110 Å². The summed E-state index contributed by atoms with van der Waals surface area (Å²) in [5, 5.41) is 0. The second kappa shape index (κ2) is 12.2. The molecule has 0 fully saturated rings. The normalized spacial score (nSPS) is 12.2. The van der Waals surface area contributed by atoms with Gasteiger partial charge in [-0.05, 0) is 29.7 Å². The lowest BCUT2D eigenvalue weighted by Gasteiger charge is -2.25. The van der Waals surface area contributed by atoms with Crippen molar-refractivity contribution in [1.82, 2.24) is 14.5 Å². The van der Waals surface area contributed by atoms with Crippen molar-refractivity contribution in [1.29, 1.82) is 0 Å². The maximum atomic E-state index is 5.70. The Morgan fingerprint density at radius 1 is 0.700 bits per heavy atom. The van der Waals surface area contributed by atoms with E-state index in [2.05, 4.69) is 120 Å². The van der Waals surface area contributed by atoms with Crippen LogP contribution in [0.2, 0.25) is 0 Å². The van der Waals surface area contributed by atoms with Gasteiger partial charge in [-0.2, -0.15) is 0 Å². The molecule has 0 saturated heterocycles. The van der Waals surface area contributed by atoms with Crippen LogP contribution in [0.1, 0.15) is 36.6 Å². The van der Waals surface area contributed by atoms with Crippen molar-refractivity contribution >= 4 is 0 Å². The monoisotopic (exact) mass is 529 g/mol. The molecule has 0 radical (unpaired) electrons. The van der Waals surface area contributed by atoms with Crippen LogP contribution < -0.4 is 9.47 Å². The molecule has 6 rings (SSSR count). The smallest absolute Gasteiger partial charge is 0.231 e. The van der Waals surface area contributed by atoms with Gasteiger partial charge in [-0.3, -0.25) is 4.90 Å². The van der Waals surface area contributed by atoms with E-state index in [0.717, 1.165) is 73.2 Å². The van der Waals surface area contributed by atoms with Gasteiger partial charge in [0.2, 0.25) is 6.79 Å². The number of ether oxygens (including phenoxy) is 2. The molecule has 40 heavy (non-hydrogen) atoms. The Kier molecular flexibility index (Phi) is 7.92. The lowest BCUT2D eigenvalue weighted by atomic mass is 10.1. The highest BCUT2D eigenvalue weighted by Crippen LogP contribution is 2.34. The Morgan fingerprint density at radius 3 is 2.08 bits per heavy atom. The van der Waals surface area contributed by atoms with E-state index in [1.807, 2.05) is 6.07 Å². The van der Waals surface area contributed by atoms with E-state index < -0.39 is 0 Å². The number of fused-ring (bicyclic) bond motifs is 1. The Hall–Kier alpha value is -4.35. The van der Waals surface area contributed by atoms with Crippen LogP contribution in [0, 0.1) is 0 Å². The first-order chi connectivity index (χ1) is 19.8. The van der Waals surface area contributed by atoms with Gasteiger partial charge in [0.1, 0.15) is 5.82 Å². The van der Waals surface area contributed by atoms with E-state index >= 15 is 0 Å². The van der Waals surface area contributed by atoms with Gasteiger partial charge in [0.25, 0.3) is 0 Å². The predicted octanol–water partition coefficient (Wildman–Crippen LogP) is 7.95. The van der Waals surface area contributed by atoms with Crippen LogP contribution in [-0.4, -0.2) is 21.2 Å². The summed E-state index contributed by atoms with van der Waals surface area (Å²) >= 11 is 0. The lowest BCUT2D eigenvalue weighted by Crippen LogP contribution is -2.24. The highest BCUT2D eigenvalue weighted by atomic mass is 16.7. The first-order valence-electron chi connectivity index (χ1n) is 14.1. The fourth-order valence-corrected chi connectivity index (χ4v) is 5.36. The molecule has 1 aliphatic heterocycles. The van der Waals surface area contributed by atoms with E-state index in [1.165, 1.54) is 16.8 Å². The summed E-state index contributed by atoms with van der Waals surface area (Å²) in [4.78, 5) is 7.83. The minimum absolute atomic E-state index is 0.284. The maximum absolute atomic E-state index is 5.70. The summed E-state index contributed by atoms with van der Waals surface area (Å²) in [6.45, 7) is 5.82. The molecule has 0 N–H and O–H groups in total. The highest BCUT2D eigenvalue weighted by molar-refractivity contribution is 5.68. The predicted molar refractivity (Wildman–Crippen MR) is 160 cm³/mol. The Morgan fingerprint density at radius 2 is 1.35 bits per heavy atom. The molecular weight excluding hydrogens is 494 g/mol. The van der Waals surface area contributed by atoms with Crippen molar-refractivity contribution in [2.24, 2.45) is 0 Å². The van der Waals surface area contributed by atoms with E-state index in [4.69, 9.17) is 14.5 Å². The topological polar surface area (TPSA) is 39.5 Å². The van der Waals surface area contributed by atoms with Crippen molar-refractivity contribution in [3.8, 4) is 34.1 Å². The molecule has 0 saturated carbocycles. The van der Waals surface area contributed by atoms with E-state index in [9.17, 15) is 0 Å². The van der Waals surface area contributed by atoms with E-state index in [1.54, 1.807) is 0 Å². The fourth-order valence-electron chi connectivity index (χ4n) is 5.36. The first-order valence-corrected chi connectivity index (χ1v) is 14.1. The zero-order valence-corrected chi connectivity index (χ0v) is 23.0. The van der Waals surface area contributed by atoms with Crippen LogP contribution in [0.25, 0.3) is 22.6 Å². The number of nitrogens with zero attached hydrogens (tertiary/aromatic N) is 3. The van der Waals surface area contributed by atoms with Crippen LogP contribution in [0.4, 0.5) is 0 Å². The van der Waals surface area contributed by atoms with Crippen molar-refractivity contribution in [3.63, 3.8) is 0 Å². The Bertz CT molecular complexity index is 1530. The second-order valence-electron chi connectivity index (χ2n) is 10.3. The lowest BCUT2D eigenvalue weighted by molar-refractivity contribution is 0.174. The number of aromatic nitrogens is 2. The van der Waals surface area contributed by atoms with Gasteiger partial charge >= 0.3 is 0 Å². The number of benzene rings is 4. The number of rotatable bonds is 11. The minimum atomic E-state index is 0.284. The maximum Gasteiger partial charge on any atom is 0.231 e. The molecule has 0 amide bonds. The highest BCUT2D eigenvalue weighted by Gasteiger charge is 2.23. The molecule has 4 aromatic carbocycles. The van der Waals surface area contributed by atoms with Gasteiger partial charge in [0.15, 0.2) is 11.5 Å². The molecule has 202 valence electrons. The molecule has 5 aromatic rings.